The van der Waals surface area contributed by atoms with Crippen LogP contribution in [0.1, 0.15) is 48.5 Å². The van der Waals surface area contributed by atoms with Crippen molar-refractivity contribution in [1.29, 1.82) is 0 Å². The van der Waals surface area contributed by atoms with Crippen LogP contribution in [0.25, 0.3) is 0 Å². The molecule has 11 heavy (non-hydrogen) atoms. The van der Waals surface area contributed by atoms with Gasteiger partial charge in [-0.1, -0.05) is 51.5 Å². The molecule has 0 aromatic heterocycles. The van der Waals surface area contributed by atoms with Crippen LogP contribution in [-0.2, 0) is 0 Å². The molecule has 0 bridgehead atoms. The van der Waals surface area contributed by atoms with Crippen molar-refractivity contribution in [2.24, 2.45) is 0 Å². The number of hydrogen-bond donors (Lipinski definition) is 0. The fraction of sp³-hybridized carbons (Fsp3) is 0.636. The lowest BCUT2D eigenvalue weighted by atomic mass is 10.2. The minimum absolute atomic E-state index is 1.28. The average molecular weight is 156 g/mol. The third-order valence-electron chi connectivity index (χ3n) is 1.09. The third kappa shape index (κ3) is 17.7. The van der Waals surface area contributed by atoms with Crippen molar-refractivity contribution in [1.82, 2.24) is 0 Å². The molecule has 0 saturated heterocycles. The SMILES string of the molecule is C=CC(C)=C(C)C.CC.CC. The molecule has 0 fully saturated rings. The first-order valence-electron chi connectivity index (χ1n) is 4.45. The Kier molecular flexibility index (Phi) is 24.8. The molecule has 0 aromatic rings. The predicted octanol–water partition coefficient (Wildman–Crippen LogP) is 4.58. The quantitative estimate of drug-likeness (QED) is 0.487. The van der Waals surface area contributed by atoms with Gasteiger partial charge in [0.25, 0.3) is 0 Å². The Hall–Kier alpha value is -0.520. The molecular weight excluding hydrogens is 132 g/mol. The third-order valence-corrected chi connectivity index (χ3v) is 1.09. The van der Waals surface area contributed by atoms with Gasteiger partial charge in [-0.05, 0) is 20.8 Å². The molecule has 0 heteroatoms. The van der Waals surface area contributed by atoms with E-state index in [1.54, 1.807) is 0 Å². The Morgan fingerprint density at radius 1 is 0.909 bits per heavy atom. The van der Waals surface area contributed by atoms with Crippen LogP contribution in [0.15, 0.2) is 23.8 Å². The standard InChI is InChI=1S/C7H12.2C2H6/c1-5-7(4)6(2)3;2*1-2/h5H,1H2,2-4H3;2*1-2H3. The smallest absolute Gasteiger partial charge is 0.0399 e. The van der Waals surface area contributed by atoms with Crippen molar-refractivity contribution >= 4 is 0 Å². The largest absolute Gasteiger partial charge is 0.0988 e. The van der Waals surface area contributed by atoms with E-state index < -0.39 is 0 Å². The summed E-state index contributed by atoms with van der Waals surface area (Å²) in [5.74, 6) is 0. The highest BCUT2D eigenvalue weighted by Gasteiger charge is 1.79. The molecule has 0 aromatic carbocycles. The van der Waals surface area contributed by atoms with Crippen LogP contribution >= 0.6 is 0 Å². The molecule has 0 amide bonds. The van der Waals surface area contributed by atoms with Crippen LogP contribution in [0, 0.1) is 0 Å². The van der Waals surface area contributed by atoms with E-state index in [0.717, 1.165) is 0 Å². The Morgan fingerprint density at radius 3 is 1.18 bits per heavy atom. The van der Waals surface area contributed by atoms with E-state index in [9.17, 15) is 0 Å². The fourth-order valence-electron chi connectivity index (χ4n) is 0.204. The lowest BCUT2D eigenvalue weighted by molar-refractivity contribution is 1.30. The monoisotopic (exact) mass is 156 g/mol. The van der Waals surface area contributed by atoms with Crippen molar-refractivity contribution < 1.29 is 0 Å². The molecule has 0 aliphatic heterocycles. The molecule has 0 spiro atoms. The van der Waals surface area contributed by atoms with Gasteiger partial charge in [-0.15, -0.1) is 0 Å². The van der Waals surface area contributed by atoms with E-state index in [1.165, 1.54) is 11.1 Å². The Labute approximate surface area is 73.0 Å². The first-order chi connectivity index (χ1) is 5.18. The second kappa shape index (κ2) is 16.2. The molecule has 0 aliphatic rings. The zero-order valence-corrected chi connectivity index (χ0v) is 9.28. The maximum Gasteiger partial charge on any atom is -0.0399 e. The van der Waals surface area contributed by atoms with Crippen LogP contribution in [0.3, 0.4) is 0 Å². The fourth-order valence-corrected chi connectivity index (χ4v) is 0.204. The second-order valence-electron chi connectivity index (χ2n) is 1.89. The molecule has 0 saturated carbocycles. The summed E-state index contributed by atoms with van der Waals surface area (Å²) in [6.07, 6.45) is 1.87. The van der Waals surface area contributed by atoms with E-state index >= 15 is 0 Å². The molecule has 0 nitrogen and oxygen atoms in total. The van der Waals surface area contributed by atoms with Gasteiger partial charge in [0.15, 0.2) is 0 Å². The summed E-state index contributed by atoms with van der Waals surface area (Å²) in [6.45, 7) is 17.8. The van der Waals surface area contributed by atoms with Crippen molar-refractivity contribution in [2.75, 3.05) is 0 Å². The molecule has 0 rings (SSSR count). The molecule has 0 radical (unpaired) electrons. The van der Waals surface area contributed by atoms with Gasteiger partial charge >= 0.3 is 0 Å². The summed E-state index contributed by atoms with van der Waals surface area (Å²) in [7, 11) is 0. The van der Waals surface area contributed by atoms with Gasteiger partial charge in [0.1, 0.15) is 0 Å². The lowest BCUT2D eigenvalue weighted by Gasteiger charge is -1.90. The first-order valence-corrected chi connectivity index (χ1v) is 4.45. The maximum atomic E-state index is 3.62. The van der Waals surface area contributed by atoms with Gasteiger partial charge in [0.05, 0.1) is 0 Å². The minimum atomic E-state index is 1.28. The highest BCUT2D eigenvalue weighted by molar-refractivity contribution is 5.18. The van der Waals surface area contributed by atoms with Gasteiger partial charge in [0.2, 0.25) is 0 Å². The highest BCUT2D eigenvalue weighted by atomic mass is 13.9. The normalized spacial score (nSPS) is 6.09. The van der Waals surface area contributed by atoms with Gasteiger partial charge in [-0.3, -0.25) is 0 Å². The van der Waals surface area contributed by atoms with Gasteiger partial charge < -0.3 is 0 Å². The van der Waals surface area contributed by atoms with Crippen LogP contribution in [0.5, 0.6) is 0 Å². The Bertz CT molecular complexity index is 92.6. The Balaban J connectivity index is -0.000000138. The number of hydrogen-bond acceptors (Lipinski definition) is 0. The van der Waals surface area contributed by atoms with Gasteiger partial charge in [-0.2, -0.15) is 0 Å². The molecule has 0 aliphatic carbocycles. The summed E-state index contributed by atoms with van der Waals surface area (Å²) < 4.78 is 0. The van der Waals surface area contributed by atoms with Gasteiger partial charge in [0, 0.05) is 0 Å². The minimum Gasteiger partial charge on any atom is -0.0988 e. The predicted molar refractivity (Wildman–Crippen MR) is 56.9 cm³/mol. The van der Waals surface area contributed by atoms with Gasteiger partial charge in [-0.25, -0.2) is 0 Å². The number of rotatable bonds is 1. The molecule has 68 valence electrons. The summed E-state index contributed by atoms with van der Waals surface area (Å²) in [6, 6.07) is 0. The van der Waals surface area contributed by atoms with E-state index in [2.05, 4.69) is 27.4 Å². The van der Waals surface area contributed by atoms with Crippen LogP contribution in [0.4, 0.5) is 0 Å². The summed E-state index contributed by atoms with van der Waals surface area (Å²) >= 11 is 0. The summed E-state index contributed by atoms with van der Waals surface area (Å²) in [5.41, 5.74) is 2.62. The zero-order valence-electron chi connectivity index (χ0n) is 9.28. The van der Waals surface area contributed by atoms with Crippen LogP contribution < -0.4 is 0 Å². The zero-order chi connectivity index (χ0) is 9.86. The molecule has 0 heterocycles. The topological polar surface area (TPSA) is 0 Å². The molecular formula is C11H24. The van der Waals surface area contributed by atoms with E-state index in [-0.39, 0.29) is 0 Å². The summed E-state index contributed by atoms with van der Waals surface area (Å²) in [5, 5.41) is 0. The number of allylic oxidation sites excluding steroid dienone is 3. The summed E-state index contributed by atoms with van der Waals surface area (Å²) in [4.78, 5) is 0. The van der Waals surface area contributed by atoms with Crippen molar-refractivity contribution in [3.63, 3.8) is 0 Å². The molecule has 0 unspecified atom stereocenters. The van der Waals surface area contributed by atoms with E-state index in [4.69, 9.17) is 0 Å². The van der Waals surface area contributed by atoms with Crippen LogP contribution in [-0.4, -0.2) is 0 Å². The maximum absolute atomic E-state index is 3.62. The van der Waals surface area contributed by atoms with E-state index in [1.807, 2.05) is 33.8 Å². The van der Waals surface area contributed by atoms with E-state index in [0.29, 0.717) is 0 Å². The first kappa shape index (κ1) is 16.8. The van der Waals surface area contributed by atoms with Crippen LogP contribution in [0.2, 0.25) is 0 Å². The average Bonchev–Trinajstić information content (AvgIpc) is 2.10. The van der Waals surface area contributed by atoms with Crippen molar-refractivity contribution in [3.8, 4) is 0 Å². The lowest BCUT2D eigenvalue weighted by Crippen LogP contribution is -1.69. The highest BCUT2D eigenvalue weighted by Crippen LogP contribution is 2.00. The second-order valence-corrected chi connectivity index (χ2v) is 1.89. The van der Waals surface area contributed by atoms with Crippen molar-refractivity contribution in [2.45, 2.75) is 48.5 Å². The van der Waals surface area contributed by atoms with Crippen molar-refractivity contribution in [3.05, 3.63) is 23.8 Å². The molecule has 0 atom stereocenters. The Morgan fingerprint density at radius 2 is 1.18 bits per heavy atom. The molecule has 0 N–H and O–H groups in total.